The van der Waals surface area contributed by atoms with E-state index in [0.717, 1.165) is 22.5 Å². The van der Waals surface area contributed by atoms with Gasteiger partial charge in [-0.3, -0.25) is 18.7 Å². The lowest BCUT2D eigenvalue weighted by Crippen LogP contribution is -2.33. The summed E-state index contributed by atoms with van der Waals surface area (Å²) in [5.74, 6) is -0.243. The molecule has 31 heavy (non-hydrogen) atoms. The first-order valence-corrected chi connectivity index (χ1v) is 10.5. The highest BCUT2D eigenvalue weighted by atomic mass is 35.5. The molecule has 1 amide bonds. The Morgan fingerprint density at radius 1 is 1.06 bits per heavy atom. The number of hydrogen-bond acceptors (Lipinski definition) is 3. The Morgan fingerprint density at radius 3 is 2.52 bits per heavy atom. The van der Waals surface area contributed by atoms with Crippen molar-refractivity contribution in [3.63, 3.8) is 0 Å². The molecule has 0 radical (unpaired) electrons. The first kappa shape index (κ1) is 20.9. The molecule has 0 aliphatic rings. The van der Waals surface area contributed by atoms with Gasteiger partial charge in [0.05, 0.1) is 5.39 Å². The first-order chi connectivity index (χ1) is 15.0. The molecule has 2 aromatic carbocycles. The molecule has 1 N–H and O–H groups in total. The van der Waals surface area contributed by atoms with Crippen LogP contribution in [0.15, 0.2) is 65.7 Å². The summed E-state index contributed by atoms with van der Waals surface area (Å²) in [5.41, 5.74) is 4.11. The number of nitrogens with one attached hydrogen (secondary N) is 1. The summed E-state index contributed by atoms with van der Waals surface area (Å²) in [4.78, 5) is 30.1. The molecule has 0 spiro atoms. The summed E-state index contributed by atoms with van der Waals surface area (Å²) in [6.07, 6.45) is 2.06. The molecule has 0 aliphatic carbocycles. The number of nitrogens with zero attached hydrogens (tertiary/aromatic N) is 3. The van der Waals surface area contributed by atoms with Crippen molar-refractivity contribution < 1.29 is 4.79 Å². The van der Waals surface area contributed by atoms with Crippen LogP contribution in [0.5, 0.6) is 0 Å². The summed E-state index contributed by atoms with van der Waals surface area (Å²) < 4.78 is 3.33. The van der Waals surface area contributed by atoms with Gasteiger partial charge in [0.15, 0.2) is 5.65 Å². The van der Waals surface area contributed by atoms with Crippen molar-refractivity contribution in [2.45, 2.75) is 26.8 Å². The van der Waals surface area contributed by atoms with Gasteiger partial charge in [0.25, 0.3) is 5.56 Å². The summed E-state index contributed by atoms with van der Waals surface area (Å²) in [7, 11) is 0. The van der Waals surface area contributed by atoms with Crippen molar-refractivity contribution >= 4 is 28.5 Å². The van der Waals surface area contributed by atoms with Crippen LogP contribution in [0, 0.1) is 13.8 Å². The minimum absolute atomic E-state index is 0.0840. The fourth-order valence-electron chi connectivity index (χ4n) is 3.74. The van der Waals surface area contributed by atoms with Crippen molar-refractivity contribution in [3.8, 4) is 5.69 Å². The van der Waals surface area contributed by atoms with Crippen molar-refractivity contribution in [3.05, 3.63) is 93.1 Å². The average Bonchev–Trinajstić information content (AvgIpc) is 3.03. The highest BCUT2D eigenvalue weighted by molar-refractivity contribution is 6.31. The normalized spacial score (nSPS) is 11.1. The molecule has 0 atom stereocenters. The summed E-state index contributed by atoms with van der Waals surface area (Å²) in [5, 5.41) is 4.06. The van der Waals surface area contributed by atoms with E-state index in [9.17, 15) is 9.59 Å². The fraction of sp³-hybridized carbons (Fsp3) is 0.208. The van der Waals surface area contributed by atoms with Gasteiger partial charge < -0.3 is 5.32 Å². The third-order valence-corrected chi connectivity index (χ3v) is 5.85. The second-order valence-corrected chi connectivity index (χ2v) is 7.86. The van der Waals surface area contributed by atoms with E-state index in [1.54, 1.807) is 0 Å². The van der Waals surface area contributed by atoms with E-state index >= 15 is 0 Å². The maximum absolute atomic E-state index is 13.1. The van der Waals surface area contributed by atoms with Gasteiger partial charge in [-0.25, -0.2) is 4.98 Å². The number of fused-ring (bicyclic) bond motifs is 1. The van der Waals surface area contributed by atoms with E-state index in [0.29, 0.717) is 29.0 Å². The standard InChI is InChI=1S/C24H23ClN4O2/c1-16-17(2)29(19-9-4-3-5-10-19)23-22(16)24(31)28(15-27-23)14-21(30)26-13-12-18-8-6-7-11-20(18)25/h3-11,15H,12-14H2,1-2H3,(H,26,30). The lowest BCUT2D eigenvalue weighted by molar-refractivity contribution is -0.121. The van der Waals surface area contributed by atoms with Crippen molar-refractivity contribution in [1.82, 2.24) is 19.4 Å². The topological polar surface area (TPSA) is 68.9 Å². The average molecular weight is 435 g/mol. The van der Waals surface area contributed by atoms with Gasteiger partial charge in [0.2, 0.25) is 5.91 Å². The largest absolute Gasteiger partial charge is 0.354 e. The van der Waals surface area contributed by atoms with Crippen LogP contribution in [0.25, 0.3) is 16.7 Å². The van der Waals surface area contributed by atoms with Gasteiger partial charge >= 0.3 is 0 Å². The van der Waals surface area contributed by atoms with Crippen LogP contribution in [0.2, 0.25) is 5.02 Å². The maximum atomic E-state index is 13.1. The summed E-state index contributed by atoms with van der Waals surface area (Å²) >= 11 is 6.15. The highest BCUT2D eigenvalue weighted by Gasteiger charge is 2.18. The molecule has 0 bridgehead atoms. The molecular formula is C24H23ClN4O2. The lowest BCUT2D eigenvalue weighted by Gasteiger charge is -2.09. The van der Waals surface area contributed by atoms with Crippen LogP contribution in [-0.4, -0.2) is 26.6 Å². The molecule has 0 aliphatic heterocycles. The Hall–Kier alpha value is -3.38. The maximum Gasteiger partial charge on any atom is 0.263 e. The molecule has 2 heterocycles. The number of carbonyl (C=O) groups is 1. The van der Waals surface area contributed by atoms with Crippen molar-refractivity contribution in [1.29, 1.82) is 0 Å². The SMILES string of the molecule is Cc1c(C)n(-c2ccccc2)c2ncn(CC(=O)NCCc3ccccc3Cl)c(=O)c12. The summed E-state index contributed by atoms with van der Waals surface area (Å²) in [6, 6.07) is 17.3. The number of benzene rings is 2. The van der Waals surface area contributed by atoms with E-state index in [1.165, 1.54) is 10.9 Å². The van der Waals surface area contributed by atoms with Gasteiger partial charge in [-0.05, 0) is 49.6 Å². The predicted octanol–water partition coefficient (Wildman–Crippen LogP) is 3.82. The van der Waals surface area contributed by atoms with Crippen LogP contribution in [0.3, 0.4) is 0 Å². The third kappa shape index (κ3) is 4.11. The third-order valence-electron chi connectivity index (χ3n) is 5.49. The Kier molecular flexibility index (Phi) is 5.91. The van der Waals surface area contributed by atoms with Crippen LogP contribution >= 0.6 is 11.6 Å². The number of amides is 1. The lowest BCUT2D eigenvalue weighted by atomic mass is 10.1. The smallest absolute Gasteiger partial charge is 0.263 e. The van der Waals surface area contributed by atoms with Crippen LogP contribution in [0.1, 0.15) is 16.8 Å². The first-order valence-electron chi connectivity index (χ1n) is 10.1. The zero-order chi connectivity index (χ0) is 22.0. The Bertz CT molecular complexity index is 1310. The molecule has 158 valence electrons. The van der Waals surface area contributed by atoms with E-state index < -0.39 is 0 Å². The molecule has 6 nitrogen and oxygen atoms in total. The van der Waals surface area contributed by atoms with Crippen molar-refractivity contribution in [2.24, 2.45) is 0 Å². The van der Waals surface area contributed by atoms with Crippen molar-refractivity contribution in [2.75, 3.05) is 6.54 Å². The van der Waals surface area contributed by atoms with Crippen LogP contribution in [-0.2, 0) is 17.8 Å². The molecule has 2 aromatic heterocycles. The zero-order valence-corrected chi connectivity index (χ0v) is 18.2. The summed E-state index contributed by atoms with van der Waals surface area (Å²) in [6.45, 7) is 4.23. The van der Waals surface area contributed by atoms with Gasteiger partial charge in [-0.15, -0.1) is 0 Å². The zero-order valence-electron chi connectivity index (χ0n) is 17.4. The fourth-order valence-corrected chi connectivity index (χ4v) is 3.97. The van der Waals surface area contributed by atoms with Gasteiger partial charge in [-0.1, -0.05) is 48.0 Å². The number of aryl methyl sites for hydroxylation is 1. The highest BCUT2D eigenvalue weighted by Crippen LogP contribution is 2.24. The van der Waals surface area contributed by atoms with E-state index in [-0.39, 0.29) is 18.0 Å². The number of carbonyl (C=O) groups excluding carboxylic acids is 1. The molecular weight excluding hydrogens is 412 g/mol. The molecule has 7 heteroatoms. The van der Waals surface area contributed by atoms with E-state index in [2.05, 4.69) is 10.3 Å². The molecule has 0 saturated carbocycles. The Morgan fingerprint density at radius 2 is 1.77 bits per heavy atom. The molecule has 4 aromatic rings. The Labute approximate surface area is 185 Å². The minimum Gasteiger partial charge on any atom is -0.354 e. The van der Waals surface area contributed by atoms with Crippen LogP contribution in [0.4, 0.5) is 0 Å². The number of para-hydroxylation sites is 1. The molecule has 4 rings (SSSR count). The van der Waals surface area contributed by atoms with Gasteiger partial charge in [0.1, 0.15) is 12.9 Å². The monoisotopic (exact) mass is 434 g/mol. The van der Waals surface area contributed by atoms with Gasteiger partial charge in [-0.2, -0.15) is 0 Å². The molecule has 0 fully saturated rings. The number of hydrogen-bond donors (Lipinski definition) is 1. The number of halogens is 1. The predicted molar refractivity (Wildman–Crippen MR) is 123 cm³/mol. The quantitative estimate of drug-likeness (QED) is 0.501. The molecule has 0 saturated heterocycles. The number of rotatable bonds is 6. The van der Waals surface area contributed by atoms with Gasteiger partial charge in [0, 0.05) is 22.9 Å². The second kappa shape index (κ2) is 8.78. The minimum atomic E-state index is -0.243. The molecule has 0 unspecified atom stereocenters. The van der Waals surface area contributed by atoms with E-state index in [1.807, 2.05) is 73.0 Å². The number of aromatic nitrogens is 3. The van der Waals surface area contributed by atoms with Crippen LogP contribution < -0.4 is 10.9 Å². The second-order valence-electron chi connectivity index (χ2n) is 7.45. The van der Waals surface area contributed by atoms with E-state index in [4.69, 9.17) is 11.6 Å². The Balaban J connectivity index is 1.55.